The van der Waals surface area contributed by atoms with Crippen molar-refractivity contribution in [3.63, 3.8) is 0 Å². The fourth-order valence-electron chi connectivity index (χ4n) is 3.29. The van der Waals surface area contributed by atoms with Crippen LogP contribution in [0, 0.1) is 5.92 Å². The second kappa shape index (κ2) is 8.68. The van der Waals surface area contributed by atoms with E-state index in [0.29, 0.717) is 28.6 Å². The summed E-state index contributed by atoms with van der Waals surface area (Å²) in [5.41, 5.74) is 0.107. The van der Waals surface area contributed by atoms with E-state index in [4.69, 9.17) is 0 Å². The van der Waals surface area contributed by atoms with Gasteiger partial charge in [-0.2, -0.15) is 4.98 Å². The van der Waals surface area contributed by atoms with Gasteiger partial charge in [-0.25, -0.2) is 4.98 Å². The largest absolute Gasteiger partial charge is 0.356 e. The van der Waals surface area contributed by atoms with Crippen molar-refractivity contribution in [1.29, 1.82) is 0 Å². The number of nitrogens with zero attached hydrogens (tertiary/aromatic N) is 4. The molecule has 0 spiro atoms. The number of carbonyl (C=O) groups is 2. The number of carbonyl (C=O) groups excluding carboxylic acids is 2. The topological polar surface area (TPSA) is 109 Å². The van der Waals surface area contributed by atoms with E-state index < -0.39 is 0 Å². The number of thiazole rings is 1. The number of aromatic nitrogens is 3. The van der Waals surface area contributed by atoms with Crippen molar-refractivity contribution in [2.45, 2.75) is 46.2 Å². The summed E-state index contributed by atoms with van der Waals surface area (Å²) in [6.45, 7) is 7.55. The zero-order chi connectivity index (χ0) is 20.3. The first-order valence-corrected chi connectivity index (χ1v) is 10.4. The summed E-state index contributed by atoms with van der Waals surface area (Å²) in [7, 11) is 0. The summed E-state index contributed by atoms with van der Waals surface area (Å²) >= 11 is 1.27. The maximum absolute atomic E-state index is 12.7. The van der Waals surface area contributed by atoms with Crippen molar-refractivity contribution in [3.8, 4) is 0 Å². The molecule has 10 heteroatoms. The van der Waals surface area contributed by atoms with Crippen molar-refractivity contribution < 1.29 is 9.59 Å². The van der Waals surface area contributed by atoms with Crippen LogP contribution in [0.25, 0.3) is 10.3 Å². The zero-order valence-corrected chi connectivity index (χ0v) is 17.2. The van der Waals surface area contributed by atoms with Gasteiger partial charge in [0.2, 0.25) is 11.8 Å². The lowest BCUT2D eigenvalue weighted by molar-refractivity contribution is -0.125. The molecule has 1 aliphatic rings. The second-order valence-corrected chi connectivity index (χ2v) is 8.21. The van der Waals surface area contributed by atoms with E-state index in [0.717, 1.165) is 19.4 Å². The third-order valence-electron chi connectivity index (χ3n) is 4.55. The number of anilines is 1. The fraction of sp³-hybridized carbons (Fsp3) is 0.611. The molecule has 0 saturated carbocycles. The van der Waals surface area contributed by atoms with E-state index in [-0.39, 0.29) is 35.9 Å². The number of hydrogen-bond donors (Lipinski definition) is 2. The Kier molecular flexibility index (Phi) is 6.28. The number of rotatable bonds is 6. The predicted octanol–water partition coefficient (Wildman–Crippen LogP) is 0.730. The highest BCUT2D eigenvalue weighted by Gasteiger charge is 2.27. The van der Waals surface area contributed by atoms with E-state index in [2.05, 4.69) is 20.6 Å². The van der Waals surface area contributed by atoms with Gasteiger partial charge in [-0.1, -0.05) is 11.3 Å². The third kappa shape index (κ3) is 4.49. The summed E-state index contributed by atoms with van der Waals surface area (Å²) in [6.07, 6.45) is 3.11. The summed E-state index contributed by atoms with van der Waals surface area (Å²) in [5, 5.41) is 6.33. The normalized spacial score (nSPS) is 17.1. The van der Waals surface area contributed by atoms with E-state index in [1.54, 1.807) is 0 Å². The molecule has 0 aromatic carbocycles. The SMILES string of the molecule is CCNC(=O)[C@H]1CCCN(c2nc3ncn(CC(=O)NC(C)C)c(=O)c3s2)C1. The monoisotopic (exact) mass is 406 g/mol. The Balaban J connectivity index is 1.80. The third-order valence-corrected chi connectivity index (χ3v) is 5.64. The van der Waals surface area contributed by atoms with E-state index in [9.17, 15) is 14.4 Å². The van der Waals surface area contributed by atoms with Crippen molar-refractivity contribution in [1.82, 2.24) is 25.2 Å². The number of fused-ring (bicyclic) bond motifs is 1. The van der Waals surface area contributed by atoms with Crippen LogP contribution in [0.1, 0.15) is 33.6 Å². The maximum atomic E-state index is 12.7. The van der Waals surface area contributed by atoms with Gasteiger partial charge in [-0.05, 0) is 33.6 Å². The van der Waals surface area contributed by atoms with Crippen LogP contribution in [0.2, 0.25) is 0 Å². The Morgan fingerprint density at radius 2 is 2.18 bits per heavy atom. The van der Waals surface area contributed by atoms with E-state index in [1.165, 1.54) is 22.2 Å². The molecule has 2 amide bonds. The smallest absolute Gasteiger partial charge is 0.273 e. The van der Waals surface area contributed by atoms with Gasteiger partial charge in [0.15, 0.2) is 10.8 Å². The van der Waals surface area contributed by atoms with Crippen molar-refractivity contribution in [2.24, 2.45) is 5.92 Å². The lowest BCUT2D eigenvalue weighted by Crippen LogP contribution is -2.43. The average molecular weight is 407 g/mol. The summed E-state index contributed by atoms with van der Waals surface area (Å²) in [6, 6.07) is 0.00635. The minimum absolute atomic E-state index is 0.00635. The fourth-order valence-corrected chi connectivity index (χ4v) is 4.29. The van der Waals surface area contributed by atoms with Gasteiger partial charge in [0.25, 0.3) is 5.56 Å². The molecular weight excluding hydrogens is 380 g/mol. The van der Waals surface area contributed by atoms with Crippen molar-refractivity contribution >= 4 is 38.6 Å². The molecule has 3 rings (SSSR count). The van der Waals surface area contributed by atoms with Crippen LogP contribution in [0.15, 0.2) is 11.1 Å². The van der Waals surface area contributed by atoms with Gasteiger partial charge in [0.1, 0.15) is 17.6 Å². The Bertz CT molecular complexity index is 922. The first kappa shape index (κ1) is 20.2. The number of hydrogen-bond acceptors (Lipinski definition) is 7. The highest BCUT2D eigenvalue weighted by molar-refractivity contribution is 7.22. The molecule has 1 aliphatic heterocycles. The molecular formula is C18H26N6O3S. The first-order valence-electron chi connectivity index (χ1n) is 9.57. The molecule has 1 atom stereocenters. The Hall–Kier alpha value is -2.49. The van der Waals surface area contributed by atoms with Crippen LogP contribution in [0.3, 0.4) is 0 Å². The van der Waals surface area contributed by atoms with Gasteiger partial charge in [0, 0.05) is 25.7 Å². The summed E-state index contributed by atoms with van der Waals surface area (Å²) in [5.74, 6) is -0.251. The molecule has 1 fully saturated rings. The van der Waals surface area contributed by atoms with Crippen LogP contribution >= 0.6 is 11.3 Å². The summed E-state index contributed by atoms with van der Waals surface area (Å²) < 4.78 is 1.73. The van der Waals surface area contributed by atoms with E-state index >= 15 is 0 Å². The minimum Gasteiger partial charge on any atom is -0.356 e. The molecule has 28 heavy (non-hydrogen) atoms. The van der Waals surface area contributed by atoms with Crippen LogP contribution in [-0.2, 0) is 16.1 Å². The molecule has 152 valence electrons. The number of amides is 2. The lowest BCUT2D eigenvalue weighted by atomic mass is 9.97. The maximum Gasteiger partial charge on any atom is 0.273 e. The van der Waals surface area contributed by atoms with Gasteiger partial charge in [0.05, 0.1) is 5.92 Å². The average Bonchev–Trinajstić information content (AvgIpc) is 3.09. The highest BCUT2D eigenvalue weighted by atomic mass is 32.1. The van der Waals surface area contributed by atoms with Crippen LogP contribution in [0.4, 0.5) is 5.13 Å². The first-order chi connectivity index (χ1) is 13.4. The molecule has 2 aromatic rings. The van der Waals surface area contributed by atoms with Crippen molar-refractivity contribution in [3.05, 3.63) is 16.7 Å². The molecule has 2 N–H and O–H groups in total. The second-order valence-electron chi connectivity index (χ2n) is 7.23. The molecule has 0 aliphatic carbocycles. The lowest BCUT2D eigenvalue weighted by Gasteiger charge is -2.31. The molecule has 0 radical (unpaired) electrons. The Labute approximate surface area is 167 Å². The molecule has 2 aromatic heterocycles. The molecule has 9 nitrogen and oxygen atoms in total. The van der Waals surface area contributed by atoms with E-state index in [1.807, 2.05) is 25.7 Å². The van der Waals surface area contributed by atoms with Crippen LogP contribution in [0.5, 0.6) is 0 Å². The Morgan fingerprint density at radius 1 is 1.39 bits per heavy atom. The Morgan fingerprint density at radius 3 is 2.89 bits per heavy atom. The standard InChI is InChI=1S/C18H26N6O3S/c1-4-19-16(26)12-6-5-7-23(8-12)18-22-15-14(28-18)17(27)24(10-20-15)9-13(25)21-11(2)3/h10-12H,4-9H2,1-3H3,(H,19,26)(H,21,25)/t12-/m0/s1. The van der Waals surface area contributed by atoms with Crippen LogP contribution in [-0.4, -0.2) is 52.0 Å². The van der Waals surface area contributed by atoms with Gasteiger partial charge < -0.3 is 15.5 Å². The molecule has 1 saturated heterocycles. The van der Waals surface area contributed by atoms with Gasteiger partial charge in [-0.15, -0.1) is 0 Å². The highest BCUT2D eigenvalue weighted by Crippen LogP contribution is 2.29. The van der Waals surface area contributed by atoms with Gasteiger partial charge in [-0.3, -0.25) is 19.0 Å². The molecule has 0 bridgehead atoms. The van der Waals surface area contributed by atoms with Gasteiger partial charge >= 0.3 is 0 Å². The number of nitrogens with one attached hydrogen (secondary N) is 2. The number of piperidine rings is 1. The van der Waals surface area contributed by atoms with Crippen molar-refractivity contribution in [2.75, 3.05) is 24.5 Å². The molecule has 0 unspecified atom stereocenters. The zero-order valence-electron chi connectivity index (χ0n) is 16.4. The van der Waals surface area contributed by atoms with Crippen LogP contribution < -0.4 is 21.1 Å². The summed E-state index contributed by atoms with van der Waals surface area (Å²) in [4.78, 5) is 47.7. The minimum atomic E-state index is -0.273. The molecule has 3 heterocycles. The quantitative estimate of drug-likeness (QED) is 0.732. The predicted molar refractivity (Wildman–Crippen MR) is 109 cm³/mol.